The first-order valence-electron chi connectivity index (χ1n) is 9.87. The molecule has 0 aliphatic heterocycles. The van der Waals surface area contributed by atoms with Crippen molar-refractivity contribution in [2.45, 2.75) is 17.7 Å². The average Bonchev–Trinajstić information content (AvgIpc) is 2.79. The molecule has 1 aliphatic carbocycles. The number of rotatable bonds is 6. The van der Waals surface area contributed by atoms with Crippen LogP contribution in [0.25, 0.3) is 11.0 Å². The fourth-order valence-electron chi connectivity index (χ4n) is 3.53. The van der Waals surface area contributed by atoms with Crippen LogP contribution in [0.3, 0.4) is 0 Å². The van der Waals surface area contributed by atoms with Crippen molar-refractivity contribution >= 4 is 44.4 Å². The maximum absolute atomic E-state index is 12.7. The highest BCUT2D eigenvalue weighted by Crippen LogP contribution is 2.27. The fraction of sp³-hybridized carbons (Fsp3) is 0.182. The van der Waals surface area contributed by atoms with Crippen LogP contribution in [0.15, 0.2) is 71.8 Å². The van der Waals surface area contributed by atoms with Crippen molar-refractivity contribution in [3.63, 3.8) is 0 Å². The van der Waals surface area contributed by atoms with Crippen LogP contribution in [0.4, 0.5) is 11.5 Å². The molecule has 2 atom stereocenters. The Morgan fingerprint density at radius 2 is 1.59 bits per heavy atom. The van der Waals surface area contributed by atoms with Crippen molar-refractivity contribution in [2.75, 3.05) is 10.0 Å². The number of carbonyl (C=O) groups excluding carboxylic acids is 1. The van der Waals surface area contributed by atoms with Gasteiger partial charge in [0.15, 0.2) is 5.82 Å². The van der Waals surface area contributed by atoms with Crippen LogP contribution in [-0.4, -0.2) is 35.4 Å². The number of fused-ring (bicyclic) bond motifs is 1. The standard InChI is InChI=1S/C22H20N4O5S/c27-21(16-5-1-2-6-17(16)22(28)29)24-14-9-11-15(12-10-14)32(30,31)26-20-13-23-18-7-3-4-8-19(18)25-20/h1-4,7-13,16-17H,5-6H2,(H,24,27)(H,25,26)(H,28,29)/t16-,17+/m0/s1. The second kappa shape index (κ2) is 8.75. The fourth-order valence-corrected chi connectivity index (χ4v) is 4.52. The smallest absolute Gasteiger partial charge is 0.307 e. The molecule has 3 N–H and O–H groups in total. The number of nitrogens with one attached hydrogen (secondary N) is 2. The summed E-state index contributed by atoms with van der Waals surface area (Å²) >= 11 is 0. The summed E-state index contributed by atoms with van der Waals surface area (Å²) in [6.07, 6.45) is 5.53. The van der Waals surface area contributed by atoms with Crippen molar-refractivity contribution in [1.29, 1.82) is 0 Å². The number of nitrogens with zero attached hydrogens (tertiary/aromatic N) is 2. The Balaban J connectivity index is 1.46. The average molecular weight is 452 g/mol. The highest BCUT2D eigenvalue weighted by Gasteiger charge is 2.34. The SMILES string of the molecule is O=C(Nc1ccc(S(=O)(=O)Nc2cnc3ccccc3n2)cc1)[C@H]1CC=CC[C@H]1C(=O)O. The molecule has 0 fully saturated rings. The molecule has 4 rings (SSSR count). The third-order valence-electron chi connectivity index (χ3n) is 5.21. The van der Waals surface area contributed by atoms with Gasteiger partial charge in [0.1, 0.15) is 0 Å². The van der Waals surface area contributed by atoms with Gasteiger partial charge in [-0.05, 0) is 49.2 Å². The lowest BCUT2D eigenvalue weighted by Gasteiger charge is -2.24. The maximum Gasteiger partial charge on any atom is 0.307 e. The summed E-state index contributed by atoms with van der Waals surface area (Å²) in [5, 5.41) is 12.0. The predicted octanol–water partition coefficient (Wildman–Crippen LogP) is 3.04. The first-order chi connectivity index (χ1) is 15.3. The molecule has 0 unspecified atom stereocenters. The van der Waals surface area contributed by atoms with Crippen LogP contribution in [0, 0.1) is 11.8 Å². The summed E-state index contributed by atoms with van der Waals surface area (Å²) in [5.74, 6) is -2.81. The molecule has 0 bridgehead atoms. The van der Waals surface area contributed by atoms with E-state index >= 15 is 0 Å². The minimum Gasteiger partial charge on any atom is -0.481 e. The molecular weight excluding hydrogens is 432 g/mol. The Bertz CT molecular complexity index is 1310. The molecular formula is C22H20N4O5S. The van der Waals surface area contributed by atoms with E-state index in [1.54, 1.807) is 30.4 Å². The minimum atomic E-state index is -3.92. The van der Waals surface area contributed by atoms with Crippen LogP contribution in [0.1, 0.15) is 12.8 Å². The van der Waals surface area contributed by atoms with E-state index in [1.165, 1.54) is 30.5 Å². The predicted molar refractivity (Wildman–Crippen MR) is 118 cm³/mol. The van der Waals surface area contributed by atoms with E-state index in [0.717, 1.165) is 0 Å². The normalized spacial score (nSPS) is 18.2. The first kappa shape index (κ1) is 21.4. The molecule has 1 aromatic heterocycles. The molecule has 0 spiro atoms. The van der Waals surface area contributed by atoms with E-state index in [9.17, 15) is 23.1 Å². The van der Waals surface area contributed by atoms with Gasteiger partial charge in [0.2, 0.25) is 5.91 Å². The highest BCUT2D eigenvalue weighted by molar-refractivity contribution is 7.92. The molecule has 1 amide bonds. The molecule has 3 aromatic rings. The van der Waals surface area contributed by atoms with Gasteiger partial charge in [-0.1, -0.05) is 24.3 Å². The van der Waals surface area contributed by atoms with E-state index in [1.807, 2.05) is 6.07 Å². The molecule has 32 heavy (non-hydrogen) atoms. The number of aliphatic carboxylic acids is 1. The lowest BCUT2D eigenvalue weighted by molar-refractivity contribution is -0.146. The van der Waals surface area contributed by atoms with Gasteiger partial charge in [0, 0.05) is 5.69 Å². The van der Waals surface area contributed by atoms with Gasteiger partial charge in [-0.15, -0.1) is 0 Å². The van der Waals surface area contributed by atoms with Gasteiger partial charge in [0.05, 0.1) is 34.0 Å². The number of carbonyl (C=O) groups is 2. The Kier molecular flexibility index (Phi) is 5.87. The van der Waals surface area contributed by atoms with Crippen LogP contribution in [-0.2, 0) is 19.6 Å². The van der Waals surface area contributed by atoms with Gasteiger partial charge < -0.3 is 10.4 Å². The summed E-state index contributed by atoms with van der Waals surface area (Å²) < 4.78 is 27.8. The van der Waals surface area contributed by atoms with Gasteiger partial charge >= 0.3 is 5.97 Å². The summed E-state index contributed by atoms with van der Waals surface area (Å²) in [4.78, 5) is 32.4. The monoisotopic (exact) mass is 452 g/mol. The summed E-state index contributed by atoms with van der Waals surface area (Å²) in [5.41, 5.74) is 1.58. The number of allylic oxidation sites excluding steroid dienone is 2. The Labute approximate surface area is 184 Å². The summed E-state index contributed by atoms with van der Waals surface area (Å²) in [7, 11) is -3.92. The van der Waals surface area contributed by atoms with Crippen molar-refractivity contribution in [3.8, 4) is 0 Å². The van der Waals surface area contributed by atoms with E-state index in [-0.39, 0.29) is 10.7 Å². The molecule has 9 nitrogen and oxygen atoms in total. The molecule has 0 saturated carbocycles. The Morgan fingerprint density at radius 1 is 0.938 bits per heavy atom. The number of carboxylic acids is 1. The zero-order valence-corrected chi connectivity index (χ0v) is 17.6. The van der Waals surface area contributed by atoms with E-state index in [4.69, 9.17) is 0 Å². The Morgan fingerprint density at radius 3 is 2.28 bits per heavy atom. The number of hydrogen-bond donors (Lipinski definition) is 3. The zero-order chi connectivity index (χ0) is 22.7. The second-order valence-corrected chi connectivity index (χ2v) is 9.04. The van der Waals surface area contributed by atoms with Gasteiger partial charge in [0.25, 0.3) is 10.0 Å². The number of para-hydroxylation sites is 2. The van der Waals surface area contributed by atoms with Crippen LogP contribution >= 0.6 is 0 Å². The number of sulfonamides is 1. The third kappa shape index (κ3) is 4.59. The van der Waals surface area contributed by atoms with Gasteiger partial charge in [-0.3, -0.25) is 19.3 Å². The topological polar surface area (TPSA) is 138 Å². The van der Waals surface area contributed by atoms with Gasteiger partial charge in [-0.2, -0.15) is 0 Å². The number of benzene rings is 2. The summed E-state index contributed by atoms with van der Waals surface area (Å²) in [6.45, 7) is 0. The number of anilines is 2. The lowest BCUT2D eigenvalue weighted by Crippen LogP contribution is -2.34. The largest absolute Gasteiger partial charge is 0.481 e. The quantitative estimate of drug-likeness (QED) is 0.489. The first-order valence-corrected chi connectivity index (χ1v) is 11.4. The van der Waals surface area contributed by atoms with E-state index in [2.05, 4.69) is 20.0 Å². The molecule has 1 aliphatic rings. The van der Waals surface area contributed by atoms with Crippen molar-refractivity contribution in [2.24, 2.45) is 11.8 Å². The second-order valence-electron chi connectivity index (χ2n) is 7.36. The zero-order valence-electron chi connectivity index (χ0n) is 16.8. The Hall–Kier alpha value is -3.79. The number of hydrogen-bond acceptors (Lipinski definition) is 6. The number of carboxylic acid groups (broad SMARTS) is 1. The highest BCUT2D eigenvalue weighted by atomic mass is 32.2. The van der Waals surface area contributed by atoms with Crippen molar-refractivity contribution in [3.05, 3.63) is 66.9 Å². The molecule has 1 heterocycles. The third-order valence-corrected chi connectivity index (χ3v) is 6.58. The minimum absolute atomic E-state index is 0.0190. The maximum atomic E-state index is 12.7. The number of aromatic nitrogens is 2. The van der Waals surface area contributed by atoms with E-state index in [0.29, 0.717) is 29.6 Å². The van der Waals surface area contributed by atoms with Crippen LogP contribution in [0.2, 0.25) is 0 Å². The van der Waals surface area contributed by atoms with Crippen molar-refractivity contribution < 1.29 is 23.1 Å². The molecule has 10 heteroatoms. The van der Waals surface area contributed by atoms with Crippen LogP contribution < -0.4 is 10.0 Å². The van der Waals surface area contributed by atoms with Gasteiger partial charge in [-0.25, -0.2) is 13.4 Å². The molecule has 164 valence electrons. The number of amides is 1. The summed E-state index contributed by atoms with van der Waals surface area (Å²) in [6, 6.07) is 12.7. The molecule has 2 aromatic carbocycles. The molecule has 0 radical (unpaired) electrons. The van der Waals surface area contributed by atoms with Crippen LogP contribution in [0.5, 0.6) is 0 Å². The van der Waals surface area contributed by atoms with E-state index < -0.39 is 33.7 Å². The van der Waals surface area contributed by atoms with Crippen molar-refractivity contribution in [1.82, 2.24) is 9.97 Å². The molecule has 0 saturated heterocycles. The lowest BCUT2D eigenvalue weighted by atomic mass is 9.82.